The molecule has 1 aliphatic heterocycles. The van der Waals surface area contributed by atoms with Gasteiger partial charge in [-0.3, -0.25) is 4.90 Å². The van der Waals surface area contributed by atoms with Crippen molar-refractivity contribution in [3.63, 3.8) is 0 Å². The number of nitrogens with zero attached hydrogens (tertiary/aromatic N) is 1. The zero-order valence-corrected chi connectivity index (χ0v) is 12.4. The SMILES string of the molecule is COc1cc2c(cc1OC)CN(CCNC1CC1)CC2. The lowest BCUT2D eigenvalue weighted by Crippen LogP contribution is -2.36. The van der Waals surface area contributed by atoms with Crippen molar-refractivity contribution in [1.29, 1.82) is 0 Å². The largest absolute Gasteiger partial charge is 0.493 e. The molecule has 1 N–H and O–H groups in total. The molecule has 1 saturated carbocycles. The Morgan fingerprint density at radius 2 is 1.85 bits per heavy atom. The van der Waals surface area contributed by atoms with Crippen LogP contribution >= 0.6 is 0 Å². The Morgan fingerprint density at radius 1 is 1.15 bits per heavy atom. The average molecular weight is 276 g/mol. The van der Waals surface area contributed by atoms with Crippen LogP contribution in [0.3, 0.4) is 0 Å². The Morgan fingerprint density at radius 3 is 2.50 bits per heavy atom. The van der Waals surface area contributed by atoms with E-state index in [1.54, 1.807) is 14.2 Å². The summed E-state index contributed by atoms with van der Waals surface area (Å²) in [6, 6.07) is 5.07. The molecule has 0 atom stereocenters. The van der Waals surface area contributed by atoms with E-state index in [0.717, 1.165) is 50.1 Å². The van der Waals surface area contributed by atoms with Gasteiger partial charge < -0.3 is 14.8 Å². The number of nitrogens with one attached hydrogen (secondary N) is 1. The van der Waals surface area contributed by atoms with Crippen LogP contribution in [0.5, 0.6) is 11.5 Å². The fourth-order valence-corrected chi connectivity index (χ4v) is 2.85. The van der Waals surface area contributed by atoms with Gasteiger partial charge in [-0.1, -0.05) is 0 Å². The molecule has 4 nitrogen and oxygen atoms in total. The summed E-state index contributed by atoms with van der Waals surface area (Å²) in [4.78, 5) is 2.52. The predicted molar refractivity (Wildman–Crippen MR) is 79.6 cm³/mol. The predicted octanol–water partition coefficient (Wildman–Crippen LogP) is 1.81. The molecule has 20 heavy (non-hydrogen) atoms. The van der Waals surface area contributed by atoms with E-state index in [1.165, 1.54) is 24.0 Å². The second kappa shape index (κ2) is 6.02. The zero-order valence-electron chi connectivity index (χ0n) is 12.4. The van der Waals surface area contributed by atoms with Crippen molar-refractivity contribution in [3.05, 3.63) is 23.3 Å². The molecule has 0 spiro atoms. The van der Waals surface area contributed by atoms with Gasteiger partial charge in [-0.25, -0.2) is 0 Å². The highest BCUT2D eigenvalue weighted by molar-refractivity contribution is 5.48. The molecule has 0 saturated heterocycles. The standard InChI is InChI=1S/C16H24N2O2/c1-19-15-9-12-5-7-18(8-6-17-14-3-4-14)11-13(12)10-16(15)20-2/h9-10,14,17H,3-8,11H2,1-2H3. The molecule has 3 rings (SSSR count). The Hall–Kier alpha value is -1.26. The van der Waals surface area contributed by atoms with Gasteiger partial charge in [0.2, 0.25) is 0 Å². The maximum absolute atomic E-state index is 5.40. The van der Waals surface area contributed by atoms with Crippen molar-refractivity contribution >= 4 is 0 Å². The van der Waals surface area contributed by atoms with Crippen LogP contribution in [0.2, 0.25) is 0 Å². The number of hydrogen-bond acceptors (Lipinski definition) is 4. The van der Waals surface area contributed by atoms with Crippen LogP contribution in [0.25, 0.3) is 0 Å². The van der Waals surface area contributed by atoms with Gasteiger partial charge in [0.1, 0.15) is 0 Å². The molecule has 1 aliphatic carbocycles. The third kappa shape index (κ3) is 3.07. The van der Waals surface area contributed by atoms with Crippen LogP contribution in [-0.2, 0) is 13.0 Å². The molecule has 0 bridgehead atoms. The van der Waals surface area contributed by atoms with Crippen molar-refractivity contribution < 1.29 is 9.47 Å². The van der Waals surface area contributed by atoms with E-state index in [1.807, 2.05) is 0 Å². The molecule has 0 radical (unpaired) electrons. The van der Waals surface area contributed by atoms with Gasteiger partial charge in [-0.2, -0.15) is 0 Å². The smallest absolute Gasteiger partial charge is 0.161 e. The first-order chi connectivity index (χ1) is 9.80. The Kier molecular flexibility index (Phi) is 4.13. The number of methoxy groups -OCH3 is 2. The van der Waals surface area contributed by atoms with Crippen molar-refractivity contribution in [3.8, 4) is 11.5 Å². The van der Waals surface area contributed by atoms with Gasteiger partial charge in [-0.15, -0.1) is 0 Å². The van der Waals surface area contributed by atoms with E-state index in [9.17, 15) is 0 Å². The molecule has 0 aromatic heterocycles. The average Bonchev–Trinajstić information content (AvgIpc) is 3.30. The lowest BCUT2D eigenvalue weighted by atomic mass is 9.99. The van der Waals surface area contributed by atoms with Crippen molar-refractivity contribution in [1.82, 2.24) is 10.2 Å². The normalized spacial score (nSPS) is 18.7. The lowest BCUT2D eigenvalue weighted by molar-refractivity contribution is 0.252. The minimum atomic E-state index is 0.802. The van der Waals surface area contributed by atoms with E-state index in [2.05, 4.69) is 22.3 Å². The molecule has 4 heteroatoms. The fraction of sp³-hybridized carbons (Fsp3) is 0.625. The van der Waals surface area contributed by atoms with Gasteiger partial charge in [0.15, 0.2) is 11.5 Å². The summed E-state index contributed by atoms with van der Waals surface area (Å²) in [5.74, 6) is 1.68. The molecule has 2 aliphatic rings. The quantitative estimate of drug-likeness (QED) is 0.859. The van der Waals surface area contributed by atoms with Gasteiger partial charge in [0.05, 0.1) is 14.2 Å². The monoisotopic (exact) mass is 276 g/mol. The second-order valence-corrected chi connectivity index (χ2v) is 5.73. The first-order valence-corrected chi connectivity index (χ1v) is 7.49. The number of benzene rings is 1. The Balaban J connectivity index is 1.63. The lowest BCUT2D eigenvalue weighted by Gasteiger charge is -2.29. The van der Waals surface area contributed by atoms with E-state index in [4.69, 9.17) is 9.47 Å². The van der Waals surface area contributed by atoms with E-state index >= 15 is 0 Å². The first-order valence-electron chi connectivity index (χ1n) is 7.49. The second-order valence-electron chi connectivity index (χ2n) is 5.73. The maximum Gasteiger partial charge on any atom is 0.161 e. The summed E-state index contributed by atoms with van der Waals surface area (Å²) >= 11 is 0. The van der Waals surface area contributed by atoms with Crippen molar-refractivity contribution in [2.24, 2.45) is 0 Å². The number of ether oxygens (including phenoxy) is 2. The molecule has 1 fully saturated rings. The van der Waals surface area contributed by atoms with Gasteiger partial charge in [0.25, 0.3) is 0 Å². The summed E-state index contributed by atoms with van der Waals surface area (Å²) in [6.45, 7) is 4.38. The highest BCUT2D eigenvalue weighted by Crippen LogP contribution is 2.33. The molecular weight excluding hydrogens is 252 g/mol. The van der Waals surface area contributed by atoms with E-state index in [0.29, 0.717) is 0 Å². The van der Waals surface area contributed by atoms with Crippen LogP contribution in [0.1, 0.15) is 24.0 Å². The minimum absolute atomic E-state index is 0.802. The molecule has 0 unspecified atom stereocenters. The number of hydrogen-bond donors (Lipinski definition) is 1. The number of rotatable bonds is 6. The summed E-state index contributed by atoms with van der Waals surface area (Å²) in [5.41, 5.74) is 2.77. The topological polar surface area (TPSA) is 33.7 Å². The Labute approximate surface area is 121 Å². The minimum Gasteiger partial charge on any atom is -0.493 e. The van der Waals surface area contributed by atoms with Gasteiger partial charge >= 0.3 is 0 Å². The van der Waals surface area contributed by atoms with Crippen LogP contribution in [0.4, 0.5) is 0 Å². The summed E-state index contributed by atoms with van der Waals surface area (Å²) in [7, 11) is 3.40. The molecule has 1 heterocycles. The molecule has 1 aromatic rings. The van der Waals surface area contributed by atoms with Crippen molar-refractivity contribution in [2.75, 3.05) is 33.9 Å². The van der Waals surface area contributed by atoms with Crippen LogP contribution in [0.15, 0.2) is 12.1 Å². The fourth-order valence-electron chi connectivity index (χ4n) is 2.85. The molecular formula is C16H24N2O2. The van der Waals surface area contributed by atoms with Crippen LogP contribution < -0.4 is 14.8 Å². The molecule has 0 amide bonds. The van der Waals surface area contributed by atoms with E-state index in [-0.39, 0.29) is 0 Å². The maximum atomic E-state index is 5.40. The zero-order chi connectivity index (χ0) is 13.9. The van der Waals surface area contributed by atoms with Crippen molar-refractivity contribution in [2.45, 2.75) is 31.8 Å². The summed E-state index contributed by atoms with van der Waals surface area (Å²) in [6.07, 6.45) is 3.82. The van der Waals surface area contributed by atoms with Gasteiger partial charge in [-0.05, 0) is 42.5 Å². The van der Waals surface area contributed by atoms with Crippen LogP contribution in [0, 0.1) is 0 Å². The highest BCUT2D eigenvalue weighted by atomic mass is 16.5. The first kappa shape index (κ1) is 13.7. The molecule has 1 aromatic carbocycles. The Bertz CT molecular complexity index is 472. The third-order valence-corrected chi connectivity index (χ3v) is 4.24. The van der Waals surface area contributed by atoms with Gasteiger partial charge in [0, 0.05) is 32.2 Å². The third-order valence-electron chi connectivity index (χ3n) is 4.24. The van der Waals surface area contributed by atoms with E-state index < -0.39 is 0 Å². The highest BCUT2D eigenvalue weighted by Gasteiger charge is 2.22. The summed E-state index contributed by atoms with van der Waals surface area (Å²) < 4.78 is 10.8. The molecule has 110 valence electrons. The number of fused-ring (bicyclic) bond motifs is 1. The summed E-state index contributed by atoms with van der Waals surface area (Å²) in [5, 5.41) is 3.58. The van der Waals surface area contributed by atoms with Crippen LogP contribution in [-0.4, -0.2) is 44.8 Å².